The first kappa shape index (κ1) is 31.2. The van der Waals surface area contributed by atoms with Gasteiger partial charge in [0.25, 0.3) is 0 Å². The maximum absolute atomic E-state index is 12.9. The number of nitrogens with one attached hydrogen (secondary N) is 2. The highest BCUT2D eigenvalue weighted by Crippen LogP contribution is 2.30. The lowest BCUT2D eigenvalue weighted by atomic mass is 10.0. The van der Waals surface area contributed by atoms with Crippen molar-refractivity contribution >= 4 is 44.3 Å². The lowest BCUT2D eigenvalue weighted by Crippen LogP contribution is -2.47. The molecule has 46 heavy (non-hydrogen) atoms. The number of carbonyl (C=O) groups excluding carboxylic acids is 1. The average Bonchev–Trinajstić information content (AvgIpc) is 3.45. The number of ether oxygens (including phenoxy) is 1. The van der Waals surface area contributed by atoms with E-state index in [9.17, 15) is 13.2 Å². The van der Waals surface area contributed by atoms with E-state index in [4.69, 9.17) is 9.72 Å². The molecule has 1 aliphatic heterocycles. The standard InChI is InChI=1S/C33H38N8O4S/c1-5-23-16-24(27-13-14-28-30(35-21-36-41(27)28)39-46(43,44)20-22-10-7-6-8-11-22)17-25-18-34-31(38-29(23)25)37-26-12-9-15-40(19-26)32(42)45-33(2,3)4/h6-8,10-11,13-14,16-18,21,26H,5,9,12,15,19-20H2,1-4H3,(H,34,37,38)(H,35,36,39)/t26-/m0/s1. The summed E-state index contributed by atoms with van der Waals surface area (Å²) in [6, 6.07) is 16.8. The molecule has 1 atom stereocenters. The molecule has 5 aromatic rings. The first-order valence-corrected chi connectivity index (χ1v) is 17.0. The Kier molecular flexibility index (Phi) is 8.51. The molecule has 0 saturated carbocycles. The topological polar surface area (TPSA) is 144 Å². The number of anilines is 2. The van der Waals surface area contributed by atoms with E-state index in [0.29, 0.717) is 30.1 Å². The molecule has 1 saturated heterocycles. The maximum atomic E-state index is 12.9. The molecular formula is C33H38N8O4S. The van der Waals surface area contributed by atoms with Gasteiger partial charge >= 0.3 is 6.09 Å². The van der Waals surface area contributed by atoms with Gasteiger partial charge in [-0.2, -0.15) is 5.10 Å². The predicted molar refractivity (Wildman–Crippen MR) is 178 cm³/mol. The number of piperidine rings is 1. The number of sulfonamides is 1. The fourth-order valence-electron chi connectivity index (χ4n) is 5.68. The van der Waals surface area contributed by atoms with E-state index in [1.165, 1.54) is 6.33 Å². The number of hydrogen-bond donors (Lipinski definition) is 2. The fourth-order valence-corrected chi connectivity index (χ4v) is 6.84. The van der Waals surface area contributed by atoms with Crippen LogP contribution in [0.5, 0.6) is 0 Å². The summed E-state index contributed by atoms with van der Waals surface area (Å²) in [6.07, 6.45) is 5.33. The largest absolute Gasteiger partial charge is 0.444 e. The van der Waals surface area contributed by atoms with Crippen molar-refractivity contribution in [3.8, 4) is 11.3 Å². The van der Waals surface area contributed by atoms with Gasteiger partial charge in [-0.05, 0) is 75.4 Å². The molecule has 1 fully saturated rings. The fraction of sp³-hybridized carbons (Fsp3) is 0.364. The van der Waals surface area contributed by atoms with Crippen LogP contribution in [0.15, 0.2) is 67.1 Å². The minimum atomic E-state index is -3.71. The Morgan fingerprint density at radius 1 is 1.09 bits per heavy atom. The predicted octanol–water partition coefficient (Wildman–Crippen LogP) is 5.66. The van der Waals surface area contributed by atoms with Gasteiger partial charge in [-0.15, -0.1) is 0 Å². The van der Waals surface area contributed by atoms with Crippen molar-refractivity contribution in [3.05, 3.63) is 78.2 Å². The first-order chi connectivity index (χ1) is 22.0. The van der Waals surface area contributed by atoms with Crippen molar-refractivity contribution in [2.24, 2.45) is 0 Å². The SMILES string of the molecule is CCc1cc(-c2ccc3c(NS(=O)(=O)Cc4ccccc4)ncnn23)cc2cnc(N[C@H]3CCCN(C(=O)OC(C)(C)C)C3)nc12. The van der Waals surface area contributed by atoms with Crippen LogP contribution in [0.2, 0.25) is 0 Å². The van der Waals surface area contributed by atoms with Gasteiger partial charge in [-0.3, -0.25) is 4.72 Å². The highest BCUT2D eigenvalue weighted by molar-refractivity contribution is 7.91. The second-order valence-electron chi connectivity index (χ2n) is 12.5. The maximum Gasteiger partial charge on any atom is 0.410 e. The number of rotatable bonds is 8. The molecule has 6 rings (SSSR count). The Morgan fingerprint density at radius 2 is 1.89 bits per heavy atom. The molecule has 0 aliphatic carbocycles. The molecule has 1 amide bonds. The van der Waals surface area contributed by atoms with E-state index in [-0.39, 0.29) is 23.7 Å². The van der Waals surface area contributed by atoms with Crippen molar-refractivity contribution < 1.29 is 17.9 Å². The van der Waals surface area contributed by atoms with Crippen LogP contribution >= 0.6 is 0 Å². The van der Waals surface area contributed by atoms with Gasteiger partial charge in [-0.25, -0.2) is 32.7 Å². The molecule has 3 aromatic heterocycles. The van der Waals surface area contributed by atoms with Crippen LogP contribution in [0.1, 0.15) is 51.7 Å². The molecule has 0 spiro atoms. The monoisotopic (exact) mass is 642 g/mol. The van der Waals surface area contributed by atoms with Crippen LogP contribution in [0.3, 0.4) is 0 Å². The number of benzene rings is 2. The molecule has 240 valence electrons. The van der Waals surface area contributed by atoms with E-state index in [1.54, 1.807) is 33.8 Å². The van der Waals surface area contributed by atoms with Crippen molar-refractivity contribution in [1.82, 2.24) is 29.5 Å². The summed E-state index contributed by atoms with van der Waals surface area (Å²) >= 11 is 0. The Bertz CT molecular complexity index is 1990. The minimum Gasteiger partial charge on any atom is -0.444 e. The van der Waals surface area contributed by atoms with E-state index < -0.39 is 15.6 Å². The molecule has 2 aromatic carbocycles. The smallest absolute Gasteiger partial charge is 0.410 e. The zero-order valence-corrected chi connectivity index (χ0v) is 27.2. The highest BCUT2D eigenvalue weighted by atomic mass is 32.2. The van der Waals surface area contributed by atoms with Crippen LogP contribution in [0, 0.1) is 0 Å². The number of fused-ring (bicyclic) bond motifs is 2. The molecule has 0 radical (unpaired) electrons. The Hall–Kier alpha value is -4.78. The van der Waals surface area contributed by atoms with Gasteiger partial charge in [0, 0.05) is 36.3 Å². The first-order valence-electron chi connectivity index (χ1n) is 15.4. The van der Waals surface area contributed by atoms with Gasteiger partial charge in [0.2, 0.25) is 16.0 Å². The van der Waals surface area contributed by atoms with E-state index in [1.807, 2.05) is 51.1 Å². The van der Waals surface area contributed by atoms with Gasteiger partial charge in [0.05, 0.1) is 17.0 Å². The summed E-state index contributed by atoms with van der Waals surface area (Å²) in [4.78, 5) is 28.1. The molecular weight excluding hydrogens is 604 g/mol. The van der Waals surface area contributed by atoms with Crippen LogP contribution in [-0.4, -0.2) is 68.7 Å². The molecule has 13 heteroatoms. The van der Waals surface area contributed by atoms with Gasteiger partial charge < -0.3 is 15.0 Å². The normalized spacial score (nSPS) is 15.7. The third-order valence-corrected chi connectivity index (χ3v) is 8.97. The van der Waals surface area contributed by atoms with Crippen LogP contribution in [0.25, 0.3) is 27.7 Å². The number of likely N-dealkylation sites (tertiary alicyclic amines) is 1. The molecule has 0 unspecified atom stereocenters. The van der Waals surface area contributed by atoms with Crippen LogP contribution < -0.4 is 10.0 Å². The molecule has 12 nitrogen and oxygen atoms in total. The number of aryl methyl sites for hydroxylation is 1. The number of carbonyl (C=O) groups is 1. The Balaban J connectivity index is 1.24. The molecule has 1 aliphatic rings. The summed E-state index contributed by atoms with van der Waals surface area (Å²) in [6.45, 7) is 8.86. The number of hydrogen-bond acceptors (Lipinski definition) is 9. The van der Waals surface area contributed by atoms with Crippen molar-refractivity contribution in [3.63, 3.8) is 0 Å². The van der Waals surface area contributed by atoms with E-state index >= 15 is 0 Å². The van der Waals surface area contributed by atoms with Crippen LogP contribution in [0.4, 0.5) is 16.6 Å². The summed E-state index contributed by atoms with van der Waals surface area (Å²) in [5.74, 6) is 0.557. The molecule has 2 N–H and O–H groups in total. The minimum absolute atomic E-state index is 0.00847. The zero-order chi connectivity index (χ0) is 32.5. The third-order valence-electron chi connectivity index (χ3n) is 7.75. The summed E-state index contributed by atoms with van der Waals surface area (Å²) in [5, 5.41) is 8.73. The van der Waals surface area contributed by atoms with Crippen molar-refractivity contribution in [2.45, 2.75) is 64.4 Å². The average molecular weight is 643 g/mol. The number of aromatic nitrogens is 5. The summed E-state index contributed by atoms with van der Waals surface area (Å²) in [7, 11) is -3.71. The second kappa shape index (κ2) is 12.5. The van der Waals surface area contributed by atoms with Crippen molar-refractivity contribution in [1.29, 1.82) is 0 Å². The quantitative estimate of drug-likeness (QED) is 0.219. The van der Waals surface area contributed by atoms with Gasteiger partial charge in [0.1, 0.15) is 17.4 Å². The summed E-state index contributed by atoms with van der Waals surface area (Å²) < 4.78 is 35.8. The second-order valence-corrected chi connectivity index (χ2v) is 14.2. The van der Waals surface area contributed by atoms with Crippen molar-refractivity contribution in [2.75, 3.05) is 23.1 Å². The lowest BCUT2D eigenvalue weighted by Gasteiger charge is -2.34. The lowest BCUT2D eigenvalue weighted by molar-refractivity contribution is 0.0206. The Labute approximate surface area is 268 Å². The van der Waals surface area contributed by atoms with Gasteiger partial charge in [0.15, 0.2) is 5.82 Å². The Morgan fingerprint density at radius 3 is 2.65 bits per heavy atom. The number of amides is 1. The van der Waals surface area contributed by atoms with Crippen LogP contribution in [-0.2, 0) is 26.9 Å². The zero-order valence-electron chi connectivity index (χ0n) is 26.4. The highest BCUT2D eigenvalue weighted by Gasteiger charge is 2.28. The summed E-state index contributed by atoms with van der Waals surface area (Å²) in [5.41, 5.74) is 4.22. The molecule has 0 bridgehead atoms. The number of nitrogens with zero attached hydrogens (tertiary/aromatic N) is 6. The van der Waals surface area contributed by atoms with Gasteiger partial charge in [-0.1, -0.05) is 37.3 Å². The third kappa shape index (κ3) is 7.04. The molecule has 4 heterocycles. The van der Waals surface area contributed by atoms with E-state index in [0.717, 1.165) is 47.0 Å². The van der Waals surface area contributed by atoms with E-state index in [2.05, 4.69) is 38.1 Å².